The lowest BCUT2D eigenvalue weighted by Gasteiger charge is -2.08. The smallest absolute Gasteiger partial charge is 0.271 e. The molecule has 1 heterocycles. The summed E-state index contributed by atoms with van der Waals surface area (Å²) in [6.07, 6.45) is 1.34. The quantitative estimate of drug-likeness (QED) is 0.592. The first-order valence-electron chi connectivity index (χ1n) is 7.22. The first kappa shape index (κ1) is 15.7. The van der Waals surface area contributed by atoms with E-state index in [-0.39, 0.29) is 18.3 Å². The number of hydrazone groups is 1. The molecular formula is C17H16N2O5. The van der Waals surface area contributed by atoms with E-state index in [2.05, 4.69) is 10.5 Å². The SMILES string of the molecule is Cc1cc(O)c(C)c(O)c1/C=N\NC(=O)c1ccc2c(c1)OCO2. The van der Waals surface area contributed by atoms with Gasteiger partial charge in [-0.3, -0.25) is 4.79 Å². The lowest BCUT2D eigenvalue weighted by molar-refractivity contribution is 0.0954. The molecule has 0 bridgehead atoms. The standard InChI is InChI=1S/C17H16N2O5/c1-9-5-13(20)10(2)16(21)12(9)7-18-19-17(22)11-3-4-14-15(6-11)24-8-23-14/h3-7,20-21H,8H2,1-2H3,(H,19,22)/b18-7-. The molecule has 2 aromatic rings. The number of ether oxygens (including phenoxy) is 2. The van der Waals surface area contributed by atoms with Gasteiger partial charge in [-0.15, -0.1) is 0 Å². The molecule has 7 nitrogen and oxygen atoms in total. The molecule has 0 saturated carbocycles. The molecule has 7 heteroatoms. The molecule has 0 aliphatic carbocycles. The molecule has 0 saturated heterocycles. The van der Waals surface area contributed by atoms with E-state index in [1.807, 2.05) is 0 Å². The minimum absolute atomic E-state index is 0.00606. The number of aryl methyl sites for hydroxylation is 1. The Bertz CT molecular complexity index is 845. The molecule has 0 spiro atoms. The lowest BCUT2D eigenvalue weighted by Crippen LogP contribution is -2.17. The van der Waals surface area contributed by atoms with Gasteiger partial charge in [-0.25, -0.2) is 5.43 Å². The Morgan fingerprint density at radius 3 is 2.75 bits per heavy atom. The van der Waals surface area contributed by atoms with E-state index < -0.39 is 5.91 Å². The second-order valence-electron chi connectivity index (χ2n) is 5.37. The van der Waals surface area contributed by atoms with E-state index >= 15 is 0 Å². The number of amides is 1. The van der Waals surface area contributed by atoms with Crippen molar-refractivity contribution in [1.29, 1.82) is 0 Å². The van der Waals surface area contributed by atoms with Gasteiger partial charge >= 0.3 is 0 Å². The van der Waals surface area contributed by atoms with Crippen LogP contribution in [-0.4, -0.2) is 29.1 Å². The number of hydrogen-bond donors (Lipinski definition) is 3. The van der Waals surface area contributed by atoms with Crippen molar-refractivity contribution in [3.05, 3.63) is 46.5 Å². The highest BCUT2D eigenvalue weighted by atomic mass is 16.7. The topological polar surface area (TPSA) is 100 Å². The molecule has 3 rings (SSSR count). The van der Waals surface area contributed by atoms with Crippen molar-refractivity contribution in [1.82, 2.24) is 5.43 Å². The Kier molecular flexibility index (Phi) is 3.99. The van der Waals surface area contributed by atoms with Crippen molar-refractivity contribution in [2.24, 2.45) is 5.10 Å². The zero-order chi connectivity index (χ0) is 17.3. The second kappa shape index (κ2) is 6.11. The molecule has 0 aromatic heterocycles. The van der Waals surface area contributed by atoms with Crippen molar-refractivity contribution < 1.29 is 24.5 Å². The maximum Gasteiger partial charge on any atom is 0.271 e. The van der Waals surface area contributed by atoms with Crippen LogP contribution in [0, 0.1) is 13.8 Å². The molecular weight excluding hydrogens is 312 g/mol. The van der Waals surface area contributed by atoms with Gasteiger partial charge in [-0.2, -0.15) is 5.10 Å². The van der Waals surface area contributed by atoms with Crippen LogP contribution in [-0.2, 0) is 0 Å². The predicted molar refractivity (Wildman–Crippen MR) is 86.9 cm³/mol. The number of fused-ring (bicyclic) bond motifs is 1. The summed E-state index contributed by atoms with van der Waals surface area (Å²) in [6.45, 7) is 3.45. The van der Waals surface area contributed by atoms with Crippen molar-refractivity contribution in [2.45, 2.75) is 13.8 Å². The van der Waals surface area contributed by atoms with Crippen LogP contribution in [0.3, 0.4) is 0 Å². The molecule has 1 aliphatic rings. The first-order chi connectivity index (χ1) is 11.5. The van der Waals surface area contributed by atoms with Gasteiger partial charge in [-0.1, -0.05) is 0 Å². The van der Waals surface area contributed by atoms with Gasteiger partial charge in [0.05, 0.1) is 6.21 Å². The Morgan fingerprint density at radius 2 is 1.96 bits per heavy atom. The van der Waals surface area contributed by atoms with Crippen LogP contribution in [0.5, 0.6) is 23.0 Å². The lowest BCUT2D eigenvalue weighted by atomic mass is 10.0. The summed E-state index contributed by atoms with van der Waals surface area (Å²) in [4.78, 5) is 12.1. The number of aromatic hydroxyl groups is 2. The predicted octanol–water partition coefficient (Wildman–Crippen LogP) is 2.21. The summed E-state index contributed by atoms with van der Waals surface area (Å²) >= 11 is 0. The highest BCUT2D eigenvalue weighted by molar-refractivity contribution is 5.96. The number of carbonyl (C=O) groups is 1. The van der Waals surface area contributed by atoms with Crippen LogP contribution in [0.1, 0.15) is 27.0 Å². The fourth-order valence-corrected chi connectivity index (χ4v) is 2.32. The Labute approximate surface area is 138 Å². The van der Waals surface area contributed by atoms with E-state index in [9.17, 15) is 15.0 Å². The number of rotatable bonds is 3. The molecule has 1 amide bonds. The molecule has 0 unspecified atom stereocenters. The first-order valence-corrected chi connectivity index (χ1v) is 7.22. The van der Waals surface area contributed by atoms with E-state index in [1.54, 1.807) is 32.0 Å². The van der Waals surface area contributed by atoms with Gasteiger partial charge in [0, 0.05) is 16.7 Å². The second-order valence-corrected chi connectivity index (χ2v) is 5.37. The normalized spacial score (nSPS) is 12.6. The van der Waals surface area contributed by atoms with E-state index in [0.717, 1.165) is 0 Å². The zero-order valence-electron chi connectivity index (χ0n) is 13.2. The molecule has 0 radical (unpaired) electrons. The molecule has 3 N–H and O–H groups in total. The maximum atomic E-state index is 12.1. The molecule has 0 fully saturated rings. The minimum atomic E-state index is -0.419. The van der Waals surface area contributed by atoms with Gasteiger partial charge in [0.25, 0.3) is 5.91 Å². The molecule has 0 atom stereocenters. The highest BCUT2D eigenvalue weighted by Gasteiger charge is 2.16. The van der Waals surface area contributed by atoms with Gasteiger partial charge in [0.15, 0.2) is 11.5 Å². The number of phenols is 2. The fraction of sp³-hybridized carbons (Fsp3) is 0.176. The van der Waals surface area contributed by atoms with Gasteiger partial charge in [-0.05, 0) is 43.7 Å². The summed E-state index contributed by atoms with van der Waals surface area (Å²) in [7, 11) is 0. The Hall–Kier alpha value is -3.22. The van der Waals surface area contributed by atoms with E-state index in [0.29, 0.717) is 33.8 Å². The third kappa shape index (κ3) is 2.83. The highest BCUT2D eigenvalue weighted by Crippen LogP contribution is 2.33. The van der Waals surface area contributed by atoms with Crippen molar-refractivity contribution >= 4 is 12.1 Å². The largest absolute Gasteiger partial charge is 0.508 e. The number of benzene rings is 2. The Balaban J connectivity index is 1.75. The zero-order valence-corrected chi connectivity index (χ0v) is 13.2. The summed E-state index contributed by atoms with van der Waals surface area (Å²) < 4.78 is 10.4. The number of hydrogen-bond acceptors (Lipinski definition) is 6. The average Bonchev–Trinajstić information content (AvgIpc) is 3.03. The third-order valence-corrected chi connectivity index (χ3v) is 3.77. The van der Waals surface area contributed by atoms with Crippen LogP contribution in [0.25, 0.3) is 0 Å². The molecule has 2 aromatic carbocycles. The Morgan fingerprint density at radius 1 is 1.21 bits per heavy atom. The average molecular weight is 328 g/mol. The van der Waals surface area contributed by atoms with Crippen LogP contribution in [0.4, 0.5) is 0 Å². The summed E-state index contributed by atoms with van der Waals surface area (Å²) in [5.74, 6) is 0.613. The van der Waals surface area contributed by atoms with Gasteiger partial charge in [0.2, 0.25) is 6.79 Å². The summed E-state index contributed by atoms with van der Waals surface area (Å²) in [5.41, 5.74) is 4.18. The number of carbonyl (C=O) groups excluding carboxylic acids is 1. The minimum Gasteiger partial charge on any atom is -0.508 e. The van der Waals surface area contributed by atoms with Crippen LogP contribution >= 0.6 is 0 Å². The van der Waals surface area contributed by atoms with Gasteiger partial charge in [0.1, 0.15) is 11.5 Å². The van der Waals surface area contributed by atoms with Gasteiger partial charge < -0.3 is 19.7 Å². The molecule has 24 heavy (non-hydrogen) atoms. The van der Waals surface area contributed by atoms with Crippen LogP contribution < -0.4 is 14.9 Å². The van der Waals surface area contributed by atoms with Crippen molar-refractivity contribution in [3.63, 3.8) is 0 Å². The number of nitrogens with zero attached hydrogens (tertiary/aromatic N) is 1. The summed E-state index contributed by atoms with van der Waals surface area (Å²) in [5, 5.41) is 23.6. The fourth-order valence-electron chi connectivity index (χ4n) is 2.32. The van der Waals surface area contributed by atoms with Crippen LogP contribution in [0.2, 0.25) is 0 Å². The number of phenolic OH excluding ortho intramolecular Hbond substituents is 2. The molecule has 124 valence electrons. The maximum absolute atomic E-state index is 12.1. The van der Waals surface area contributed by atoms with E-state index in [4.69, 9.17) is 9.47 Å². The van der Waals surface area contributed by atoms with Crippen molar-refractivity contribution in [3.8, 4) is 23.0 Å². The van der Waals surface area contributed by atoms with E-state index in [1.165, 1.54) is 12.3 Å². The number of nitrogens with one attached hydrogen (secondary N) is 1. The molecule has 1 aliphatic heterocycles. The third-order valence-electron chi connectivity index (χ3n) is 3.77. The van der Waals surface area contributed by atoms with Crippen molar-refractivity contribution in [2.75, 3.05) is 6.79 Å². The summed E-state index contributed by atoms with van der Waals surface area (Å²) in [6, 6.07) is 6.35. The van der Waals surface area contributed by atoms with Crippen LogP contribution in [0.15, 0.2) is 29.4 Å². The monoisotopic (exact) mass is 328 g/mol.